The minimum atomic E-state index is -3.33. The number of hydrogen-bond donors (Lipinski definition) is 1. The van der Waals surface area contributed by atoms with E-state index in [0.29, 0.717) is 18.4 Å². The minimum Gasteiger partial charge on any atom is -0.444 e. The second kappa shape index (κ2) is 8.47. The molecule has 0 aliphatic heterocycles. The highest BCUT2D eigenvalue weighted by atomic mass is 31.2. The van der Waals surface area contributed by atoms with Gasteiger partial charge in [-0.25, -0.2) is 4.79 Å². The van der Waals surface area contributed by atoms with Crippen LogP contribution in [0.25, 0.3) is 0 Å². The van der Waals surface area contributed by atoms with Gasteiger partial charge in [0.15, 0.2) is 0 Å². The van der Waals surface area contributed by atoms with E-state index in [1.807, 2.05) is 0 Å². The highest BCUT2D eigenvalue weighted by Gasteiger charge is 2.28. The highest BCUT2D eigenvalue weighted by Crippen LogP contribution is 2.46. The predicted molar refractivity (Wildman–Crippen MR) is 87.0 cm³/mol. The van der Waals surface area contributed by atoms with Crippen molar-refractivity contribution in [3.05, 3.63) is 12.4 Å². The van der Waals surface area contributed by atoms with Gasteiger partial charge in [-0.3, -0.25) is 9.25 Å². The topological polar surface area (TPSA) is 91.7 Å². The lowest BCUT2D eigenvalue weighted by atomic mass is 10.2. The van der Waals surface area contributed by atoms with Crippen LogP contribution in [0.1, 0.15) is 34.6 Å². The van der Waals surface area contributed by atoms with Crippen LogP contribution in [0.4, 0.5) is 4.79 Å². The molecule has 1 aromatic heterocycles. The van der Waals surface area contributed by atoms with Gasteiger partial charge in [-0.1, -0.05) is 0 Å². The number of alkyl carbamates (subject to hydrolysis) is 1. The Kier molecular flexibility index (Phi) is 7.25. The zero-order chi connectivity index (χ0) is 17.5. The van der Waals surface area contributed by atoms with Gasteiger partial charge < -0.3 is 19.1 Å². The van der Waals surface area contributed by atoms with E-state index in [1.54, 1.807) is 45.5 Å². The van der Waals surface area contributed by atoms with E-state index in [-0.39, 0.29) is 13.2 Å². The summed E-state index contributed by atoms with van der Waals surface area (Å²) in [7, 11) is -3.33. The van der Waals surface area contributed by atoms with Crippen LogP contribution >= 0.6 is 7.60 Å². The monoisotopic (exact) mass is 347 g/mol. The standard InChI is InChI=1S/C14H26N3O5P/c1-6-20-23(19,21-7-2)12-10-16-17(11-12)9-8-15-13(18)22-14(3,4)5/h10-11H,6-9H2,1-5H3,(H,15,18). The number of hydrogen-bond acceptors (Lipinski definition) is 6. The number of rotatable bonds is 8. The van der Waals surface area contributed by atoms with Crippen molar-refractivity contribution in [3.8, 4) is 0 Å². The van der Waals surface area contributed by atoms with E-state index in [2.05, 4.69) is 10.4 Å². The Bertz CT molecular complexity index is 543. The van der Waals surface area contributed by atoms with Gasteiger partial charge in [-0.15, -0.1) is 0 Å². The molecule has 8 nitrogen and oxygen atoms in total. The first-order chi connectivity index (χ1) is 10.7. The van der Waals surface area contributed by atoms with Crippen LogP contribution in [0, 0.1) is 0 Å². The first-order valence-corrected chi connectivity index (χ1v) is 9.13. The average Bonchev–Trinajstić information content (AvgIpc) is 2.86. The summed E-state index contributed by atoms with van der Waals surface area (Å²) in [5.74, 6) is 0. The number of amides is 1. The van der Waals surface area contributed by atoms with Crippen LogP contribution in [0.15, 0.2) is 12.4 Å². The summed E-state index contributed by atoms with van der Waals surface area (Å²) in [5, 5.41) is 7.14. The van der Waals surface area contributed by atoms with Crippen molar-refractivity contribution in [3.63, 3.8) is 0 Å². The molecule has 0 aliphatic carbocycles. The van der Waals surface area contributed by atoms with E-state index < -0.39 is 19.3 Å². The molecule has 0 aliphatic rings. The Morgan fingerprint density at radius 3 is 2.43 bits per heavy atom. The highest BCUT2D eigenvalue weighted by molar-refractivity contribution is 7.62. The normalized spacial score (nSPS) is 12.2. The minimum absolute atomic E-state index is 0.280. The van der Waals surface area contributed by atoms with Crippen molar-refractivity contribution in [2.24, 2.45) is 0 Å². The zero-order valence-corrected chi connectivity index (χ0v) is 15.3. The van der Waals surface area contributed by atoms with E-state index in [1.165, 1.54) is 6.20 Å². The lowest BCUT2D eigenvalue weighted by Crippen LogP contribution is -2.34. The summed E-state index contributed by atoms with van der Waals surface area (Å²) in [6.07, 6.45) is 2.57. The fraction of sp³-hybridized carbons (Fsp3) is 0.714. The molecule has 1 rings (SSSR count). The molecule has 1 N–H and O–H groups in total. The molecule has 0 unspecified atom stereocenters. The van der Waals surface area contributed by atoms with E-state index >= 15 is 0 Å². The Balaban J connectivity index is 2.56. The molecular weight excluding hydrogens is 321 g/mol. The van der Waals surface area contributed by atoms with Gasteiger partial charge in [0.25, 0.3) is 0 Å². The van der Waals surface area contributed by atoms with Gasteiger partial charge in [-0.2, -0.15) is 5.10 Å². The molecule has 0 fully saturated rings. The molecule has 9 heteroatoms. The van der Waals surface area contributed by atoms with Crippen molar-refractivity contribution in [1.29, 1.82) is 0 Å². The van der Waals surface area contributed by atoms with Gasteiger partial charge in [0.2, 0.25) is 0 Å². The fourth-order valence-electron chi connectivity index (χ4n) is 1.73. The maximum atomic E-state index is 12.6. The second-order valence-electron chi connectivity index (χ2n) is 5.72. The molecule has 1 amide bonds. The zero-order valence-electron chi connectivity index (χ0n) is 14.4. The number of carbonyl (C=O) groups excluding carboxylic acids is 1. The van der Waals surface area contributed by atoms with Gasteiger partial charge in [0, 0.05) is 12.7 Å². The Labute approximate surface area is 137 Å². The van der Waals surface area contributed by atoms with Crippen molar-refractivity contribution >= 4 is 19.0 Å². The summed E-state index contributed by atoms with van der Waals surface area (Å²) in [6, 6.07) is 0. The largest absolute Gasteiger partial charge is 0.444 e. The molecule has 0 saturated carbocycles. The van der Waals surface area contributed by atoms with Gasteiger partial charge in [0.05, 0.1) is 26.0 Å². The van der Waals surface area contributed by atoms with Gasteiger partial charge >= 0.3 is 13.7 Å². The molecule has 0 spiro atoms. The first-order valence-electron chi connectivity index (χ1n) is 7.59. The smallest absolute Gasteiger partial charge is 0.407 e. The Morgan fingerprint density at radius 2 is 1.91 bits per heavy atom. The Hall–Kier alpha value is -1.37. The van der Waals surface area contributed by atoms with E-state index in [0.717, 1.165) is 0 Å². The summed E-state index contributed by atoms with van der Waals surface area (Å²) >= 11 is 0. The maximum absolute atomic E-state index is 12.6. The molecule has 1 heterocycles. The molecule has 132 valence electrons. The van der Waals surface area contributed by atoms with Crippen LogP contribution in [0.2, 0.25) is 0 Å². The van der Waals surface area contributed by atoms with Crippen molar-refractivity contribution in [2.75, 3.05) is 19.8 Å². The third-order valence-corrected chi connectivity index (χ3v) is 4.60. The molecule has 0 atom stereocenters. The summed E-state index contributed by atoms with van der Waals surface area (Å²) in [6.45, 7) is 10.2. The van der Waals surface area contributed by atoms with Crippen LogP contribution in [-0.2, 0) is 24.9 Å². The first kappa shape index (κ1) is 19.7. The number of carbonyl (C=O) groups is 1. The third-order valence-electron chi connectivity index (χ3n) is 2.54. The molecule has 0 saturated heterocycles. The SMILES string of the molecule is CCOP(=O)(OCC)c1cnn(CCNC(=O)OC(C)(C)C)c1. The molecule has 23 heavy (non-hydrogen) atoms. The van der Waals surface area contributed by atoms with Gasteiger partial charge in [0.1, 0.15) is 10.9 Å². The maximum Gasteiger partial charge on any atom is 0.407 e. The van der Waals surface area contributed by atoms with Crippen LogP contribution in [0.5, 0.6) is 0 Å². The molecule has 1 aromatic rings. The fourth-order valence-corrected chi connectivity index (χ4v) is 3.25. The third kappa shape index (κ3) is 6.72. The molecule has 0 aromatic carbocycles. The van der Waals surface area contributed by atoms with E-state index in [4.69, 9.17) is 13.8 Å². The molecule has 0 bridgehead atoms. The van der Waals surface area contributed by atoms with Crippen LogP contribution in [-0.4, -0.2) is 41.2 Å². The van der Waals surface area contributed by atoms with Gasteiger partial charge in [-0.05, 0) is 34.6 Å². The number of aromatic nitrogens is 2. The summed E-state index contributed by atoms with van der Waals surface area (Å²) < 4.78 is 29.8. The van der Waals surface area contributed by atoms with E-state index in [9.17, 15) is 9.36 Å². The van der Waals surface area contributed by atoms with Crippen molar-refractivity contribution < 1.29 is 23.1 Å². The summed E-state index contributed by atoms with van der Waals surface area (Å²) in [4.78, 5) is 11.5. The second-order valence-corrected chi connectivity index (χ2v) is 7.75. The van der Waals surface area contributed by atoms with Crippen LogP contribution in [0.3, 0.4) is 0 Å². The lowest BCUT2D eigenvalue weighted by molar-refractivity contribution is 0.0525. The molecule has 0 radical (unpaired) electrons. The van der Waals surface area contributed by atoms with Crippen molar-refractivity contribution in [1.82, 2.24) is 15.1 Å². The quantitative estimate of drug-likeness (QED) is 0.726. The predicted octanol–water partition coefficient (Wildman–Crippen LogP) is 2.30. The Morgan fingerprint density at radius 1 is 1.30 bits per heavy atom. The number of nitrogens with one attached hydrogen (secondary N) is 1. The average molecular weight is 347 g/mol. The van der Waals surface area contributed by atoms with Crippen molar-refractivity contribution in [2.45, 2.75) is 46.8 Å². The lowest BCUT2D eigenvalue weighted by Gasteiger charge is -2.19. The molecular formula is C14H26N3O5P. The number of nitrogens with zero attached hydrogens (tertiary/aromatic N) is 2. The number of ether oxygens (including phenoxy) is 1. The van der Waals surface area contributed by atoms with Crippen LogP contribution < -0.4 is 10.6 Å². The summed E-state index contributed by atoms with van der Waals surface area (Å²) in [5.41, 5.74) is -0.537.